The number of hydrogen-bond donors (Lipinski definition) is 2. The van der Waals surface area contributed by atoms with Crippen LogP contribution in [0, 0.1) is 6.92 Å². The van der Waals surface area contributed by atoms with E-state index < -0.39 is 18.2 Å². The quantitative estimate of drug-likeness (QED) is 0.294. The van der Waals surface area contributed by atoms with Gasteiger partial charge in [0.1, 0.15) is 12.1 Å². The predicted molar refractivity (Wildman–Crippen MR) is 145 cm³/mol. The minimum Gasteiger partial charge on any atom is -0.465 e. The Bertz CT molecular complexity index is 1610. The van der Waals surface area contributed by atoms with E-state index in [1.165, 1.54) is 4.90 Å². The van der Waals surface area contributed by atoms with Crippen LogP contribution in [0.25, 0.3) is 21.5 Å². The second-order valence-corrected chi connectivity index (χ2v) is 9.42. The van der Waals surface area contributed by atoms with Crippen molar-refractivity contribution >= 4 is 33.5 Å². The number of nitrogens with one attached hydrogen (secondary N) is 1. The summed E-state index contributed by atoms with van der Waals surface area (Å²) in [5, 5.41) is 20.2. The van der Waals surface area contributed by atoms with Crippen LogP contribution < -0.4 is 5.32 Å². The summed E-state index contributed by atoms with van der Waals surface area (Å²) in [6.45, 7) is 1.72. The number of aromatic nitrogens is 2. The van der Waals surface area contributed by atoms with Crippen LogP contribution in [-0.4, -0.2) is 45.2 Å². The second kappa shape index (κ2) is 10.7. The number of hydrogen-bond acceptors (Lipinski definition) is 5. The molecule has 0 saturated heterocycles. The van der Waals surface area contributed by atoms with Crippen LogP contribution in [0.15, 0.2) is 89.5 Å². The molecule has 8 nitrogen and oxygen atoms in total. The molecule has 0 saturated carbocycles. The Kier molecular flexibility index (Phi) is 7.04. The van der Waals surface area contributed by atoms with Gasteiger partial charge in [-0.1, -0.05) is 90.1 Å². The van der Waals surface area contributed by atoms with E-state index in [1.54, 1.807) is 14.0 Å². The maximum atomic E-state index is 13.8. The SMILES string of the molecule is Cc1noc([C@@H](Cc2ccc3ccccc3c2)N(C)C(=O)[C@@H](Cc2ccc3ccccc3c2)NC(=O)O)n1. The zero-order valence-electron chi connectivity index (χ0n) is 21.2. The zero-order valence-corrected chi connectivity index (χ0v) is 21.2. The minimum atomic E-state index is -1.27. The summed E-state index contributed by atoms with van der Waals surface area (Å²) < 4.78 is 5.49. The molecule has 0 fully saturated rings. The molecule has 0 bridgehead atoms. The Morgan fingerprint density at radius 2 is 1.42 bits per heavy atom. The molecule has 5 rings (SSSR count). The zero-order chi connectivity index (χ0) is 26.6. The smallest absolute Gasteiger partial charge is 0.405 e. The van der Waals surface area contributed by atoms with Gasteiger partial charge in [-0.25, -0.2) is 4.79 Å². The van der Waals surface area contributed by atoms with Crippen LogP contribution in [-0.2, 0) is 17.6 Å². The van der Waals surface area contributed by atoms with Gasteiger partial charge in [-0.2, -0.15) is 4.98 Å². The molecule has 2 amide bonds. The summed E-state index contributed by atoms with van der Waals surface area (Å²) in [5.41, 5.74) is 1.84. The Balaban J connectivity index is 1.44. The summed E-state index contributed by atoms with van der Waals surface area (Å²) in [6.07, 6.45) is -0.645. The van der Waals surface area contributed by atoms with Crippen molar-refractivity contribution in [3.63, 3.8) is 0 Å². The maximum absolute atomic E-state index is 13.8. The van der Waals surface area contributed by atoms with Gasteiger partial charge in [-0.3, -0.25) is 4.79 Å². The van der Waals surface area contributed by atoms with Crippen LogP contribution in [0.3, 0.4) is 0 Å². The third-order valence-corrected chi connectivity index (χ3v) is 6.74. The summed E-state index contributed by atoms with van der Waals surface area (Å²) in [5.74, 6) is 0.370. The number of aryl methyl sites for hydroxylation is 1. The largest absolute Gasteiger partial charge is 0.465 e. The number of benzene rings is 4. The molecule has 8 heteroatoms. The number of carbonyl (C=O) groups is 2. The van der Waals surface area contributed by atoms with E-state index >= 15 is 0 Å². The van der Waals surface area contributed by atoms with Gasteiger partial charge in [0, 0.05) is 19.9 Å². The predicted octanol–water partition coefficient (Wildman–Crippen LogP) is 5.31. The second-order valence-electron chi connectivity index (χ2n) is 9.42. The standard InChI is InChI=1S/C30H28N4O4/c1-19-31-28(38-33-19)27(18-21-12-14-23-8-4-6-10-25(23)16-21)34(2)29(35)26(32-30(36)37)17-20-11-13-22-7-3-5-9-24(22)15-20/h3-16,26-27,32H,17-18H2,1-2H3,(H,36,37)/t26-,27-/m1/s1. The third-order valence-electron chi connectivity index (χ3n) is 6.74. The van der Waals surface area contributed by atoms with Crippen molar-refractivity contribution < 1.29 is 19.2 Å². The fourth-order valence-corrected chi connectivity index (χ4v) is 4.78. The molecule has 0 radical (unpaired) electrons. The maximum Gasteiger partial charge on any atom is 0.405 e. The molecule has 192 valence electrons. The van der Waals surface area contributed by atoms with Crippen molar-refractivity contribution in [2.75, 3.05) is 7.05 Å². The van der Waals surface area contributed by atoms with Crippen LogP contribution in [0.5, 0.6) is 0 Å². The van der Waals surface area contributed by atoms with Crippen LogP contribution in [0.4, 0.5) is 4.79 Å². The highest BCUT2D eigenvalue weighted by Crippen LogP contribution is 2.26. The molecule has 0 aliphatic heterocycles. The fourth-order valence-electron chi connectivity index (χ4n) is 4.78. The molecule has 0 aliphatic carbocycles. The van der Waals surface area contributed by atoms with Gasteiger partial charge in [0.05, 0.1) is 0 Å². The lowest BCUT2D eigenvalue weighted by Crippen LogP contribution is -2.49. The first-order valence-electron chi connectivity index (χ1n) is 12.4. The van der Waals surface area contributed by atoms with Crippen LogP contribution in [0.2, 0.25) is 0 Å². The molecule has 1 aromatic heterocycles. The average Bonchev–Trinajstić information content (AvgIpc) is 3.36. The normalized spacial score (nSPS) is 12.8. The number of amides is 2. The summed E-state index contributed by atoms with van der Waals surface area (Å²) in [6, 6.07) is 26.4. The topological polar surface area (TPSA) is 109 Å². The van der Waals surface area contributed by atoms with E-state index in [1.807, 2.05) is 78.9 Å². The van der Waals surface area contributed by atoms with E-state index in [0.717, 1.165) is 32.7 Å². The number of fused-ring (bicyclic) bond motifs is 2. The molecular weight excluding hydrogens is 480 g/mol. The number of rotatable bonds is 8. The molecule has 0 spiro atoms. The van der Waals surface area contributed by atoms with Crippen molar-refractivity contribution in [2.45, 2.75) is 31.8 Å². The van der Waals surface area contributed by atoms with Crippen LogP contribution >= 0.6 is 0 Å². The number of likely N-dealkylation sites (N-methyl/N-ethyl adjacent to an activating group) is 1. The fraction of sp³-hybridized carbons (Fsp3) is 0.200. The van der Waals surface area contributed by atoms with Gasteiger partial charge in [0.15, 0.2) is 5.82 Å². The molecule has 4 aromatic carbocycles. The van der Waals surface area contributed by atoms with Crippen molar-refractivity contribution in [1.29, 1.82) is 0 Å². The third kappa shape index (κ3) is 5.49. The van der Waals surface area contributed by atoms with Gasteiger partial charge in [-0.15, -0.1) is 0 Å². The van der Waals surface area contributed by atoms with Crippen molar-refractivity contribution in [3.8, 4) is 0 Å². The highest BCUT2D eigenvalue weighted by Gasteiger charge is 2.32. The van der Waals surface area contributed by atoms with Gasteiger partial charge < -0.3 is 19.8 Å². The van der Waals surface area contributed by atoms with Gasteiger partial charge in [0.25, 0.3) is 0 Å². The van der Waals surface area contributed by atoms with Crippen molar-refractivity contribution in [3.05, 3.63) is 108 Å². The molecule has 5 aromatic rings. The van der Waals surface area contributed by atoms with Gasteiger partial charge in [0.2, 0.25) is 11.8 Å². The average molecular weight is 509 g/mol. The molecular formula is C30H28N4O4. The minimum absolute atomic E-state index is 0.200. The lowest BCUT2D eigenvalue weighted by Gasteiger charge is -2.29. The van der Waals surface area contributed by atoms with E-state index in [4.69, 9.17) is 4.52 Å². The summed E-state index contributed by atoms with van der Waals surface area (Å²) in [7, 11) is 1.64. The van der Waals surface area contributed by atoms with Gasteiger partial charge >= 0.3 is 6.09 Å². The molecule has 2 N–H and O–H groups in total. The van der Waals surface area contributed by atoms with Gasteiger partial charge in [-0.05, 0) is 39.6 Å². The molecule has 1 heterocycles. The molecule has 0 aliphatic rings. The lowest BCUT2D eigenvalue weighted by molar-refractivity contribution is -0.134. The highest BCUT2D eigenvalue weighted by molar-refractivity contribution is 5.87. The summed E-state index contributed by atoms with van der Waals surface area (Å²) in [4.78, 5) is 31.4. The molecule has 0 unspecified atom stereocenters. The van der Waals surface area contributed by atoms with Crippen molar-refractivity contribution in [2.24, 2.45) is 0 Å². The molecule has 2 atom stereocenters. The molecule has 38 heavy (non-hydrogen) atoms. The van der Waals surface area contributed by atoms with E-state index in [2.05, 4.69) is 21.5 Å². The van der Waals surface area contributed by atoms with Crippen molar-refractivity contribution in [1.82, 2.24) is 20.4 Å². The summed E-state index contributed by atoms with van der Waals surface area (Å²) >= 11 is 0. The number of carboxylic acid groups (broad SMARTS) is 1. The first-order valence-corrected chi connectivity index (χ1v) is 12.4. The van der Waals surface area contributed by atoms with E-state index in [-0.39, 0.29) is 12.3 Å². The Morgan fingerprint density at radius 3 is 1.95 bits per heavy atom. The number of nitrogens with zero attached hydrogens (tertiary/aromatic N) is 3. The van der Waals surface area contributed by atoms with Crippen LogP contribution in [0.1, 0.15) is 28.9 Å². The van der Waals surface area contributed by atoms with E-state index in [0.29, 0.717) is 18.1 Å². The van der Waals surface area contributed by atoms with E-state index in [9.17, 15) is 14.7 Å². The highest BCUT2D eigenvalue weighted by atomic mass is 16.5. The monoisotopic (exact) mass is 508 g/mol. The lowest BCUT2D eigenvalue weighted by atomic mass is 9.98. The number of carbonyl (C=O) groups excluding carboxylic acids is 1. The first kappa shape index (κ1) is 25.0. The Morgan fingerprint density at radius 1 is 0.868 bits per heavy atom. The first-order chi connectivity index (χ1) is 18.4. The Hall–Kier alpha value is -4.72. The Labute approximate surface area is 219 Å².